The lowest BCUT2D eigenvalue weighted by molar-refractivity contribution is 0.171. The van der Waals surface area contributed by atoms with Gasteiger partial charge in [-0.05, 0) is 25.1 Å². The minimum absolute atomic E-state index is 0.0300. The van der Waals surface area contributed by atoms with E-state index in [4.69, 9.17) is 9.47 Å². The fraction of sp³-hybridized carbons (Fsp3) is 0.316. The van der Waals surface area contributed by atoms with Crippen molar-refractivity contribution in [2.24, 2.45) is 0 Å². The number of anilines is 2. The van der Waals surface area contributed by atoms with E-state index >= 15 is 0 Å². The van der Waals surface area contributed by atoms with E-state index in [9.17, 15) is 18.3 Å². The van der Waals surface area contributed by atoms with Gasteiger partial charge in [0.1, 0.15) is 11.5 Å². The summed E-state index contributed by atoms with van der Waals surface area (Å²) in [6.45, 7) is 1.49. The van der Waals surface area contributed by atoms with E-state index in [1.807, 2.05) is 0 Å². The maximum absolute atomic E-state index is 12.1. The monoisotopic (exact) mass is 423 g/mol. The summed E-state index contributed by atoms with van der Waals surface area (Å²) in [5.41, 5.74) is 1.22. The second kappa shape index (κ2) is 9.99. The fourth-order valence-electron chi connectivity index (χ4n) is 2.51. The van der Waals surface area contributed by atoms with Crippen LogP contribution in [0.25, 0.3) is 0 Å². The lowest BCUT2D eigenvalue weighted by Crippen LogP contribution is -2.32. The summed E-state index contributed by atoms with van der Waals surface area (Å²) in [5, 5.41) is 15.5. The van der Waals surface area contributed by atoms with E-state index in [-0.39, 0.29) is 23.7 Å². The summed E-state index contributed by atoms with van der Waals surface area (Å²) in [6.07, 6.45) is -0.947. The van der Waals surface area contributed by atoms with Gasteiger partial charge in [0.15, 0.2) is 0 Å². The first-order valence-corrected chi connectivity index (χ1v) is 10.5. The number of para-hydroxylation sites is 1. The van der Waals surface area contributed by atoms with E-state index in [0.717, 1.165) is 0 Å². The highest BCUT2D eigenvalue weighted by Gasteiger charge is 2.15. The number of nitrogens with one attached hydrogen (secondary N) is 3. The van der Waals surface area contributed by atoms with Gasteiger partial charge in [0.05, 0.1) is 31.8 Å². The molecule has 158 valence electrons. The molecule has 0 bridgehead atoms. The molecule has 0 saturated carbocycles. The Hall–Kier alpha value is -2.98. The molecule has 0 aromatic heterocycles. The van der Waals surface area contributed by atoms with Crippen LogP contribution in [0.15, 0.2) is 42.5 Å². The van der Waals surface area contributed by atoms with Crippen LogP contribution in [0.3, 0.4) is 0 Å². The molecule has 2 amide bonds. The van der Waals surface area contributed by atoms with E-state index in [2.05, 4.69) is 15.4 Å². The van der Waals surface area contributed by atoms with E-state index in [1.54, 1.807) is 24.3 Å². The highest BCUT2D eigenvalue weighted by Crippen LogP contribution is 2.29. The summed E-state index contributed by atoms with van der Waals surface area (Å²) in [7, 11) is -0.560. The molecule has 0 fully saturated rings. The molecular weight excluding hydrogens is 398 g/mol. The van der Waals surface area contributed by atoms with Gasteiger partial charge in [0, 0.05) is 23.9 Å². The summed E-state index contributed by atoms with van der Waals surface area (Å²) < 4.78 is 36.3. The lowest BCUT2D eigenvalue weighted by atomic mass is 10.1. The van der Waals surface area contributed by atoms with Crippen molar-refractivity contribution < 1.29 is 27.8 Å². The Morgan fingerprint density at radius 2 is 1.79 bits per heavy atom. The van der Waals surface area contributed by atoms with E-state index in [1.165, 1.54) is 39.3 Å². The Bertz CT molecular complexity index is 949. The third-order valence-corrected chi connectivity index (χ3v) is 5.35. The van der Waals surface area contributed by atoms with Crippen LogP contribution in [0.1, 0.15) is 18.6 Å². The first-order chi connectivity index (χ1) is 13.8. The minimum atomic E-state index is -3.46. The molecule has 29 heavy (non-hydrogen) atoms. The number of carbonyl (C=O) groups excluding carboxylic acids is 1. The van der Waals surface area contributed by atoms with E-state index in [0.29, 0.717) is 17.0 Å². The van der Waals surface area contributed by atoms with Crippen molar-refractivity contribution in [3.05, 3.63) is 48.0 Å². The standard InChI is InChI=1S/C19H25N3O6S/c1-4-29(25,26)22-15-10-9-13(11-18(15)28-3)21-19(24)20-12-16(23)14-7-5-6-8-17(14)27-2/h5-11,16,22-23H,4,12H2,1-3H3,(H2,20,21,24). The molecule has 2 aromatic rings. The average Bonchev–Trinajstić information content (AvgIpc) is 2.72. The van der Waals surface area contributed by atoms with Crippen molar-refractivity contribution in [2.75, 3.05) is 36.6 Å². The van der Waals surface area contributed by atoms with E-state index < -0.39 is 22.2 Å². The average molecular weight is 423 g/mol. The van der Waals surface area contributed by atoms with Gasteiger partial charge in [-0.3, -0.25) is 4.72 Å². The first-order valence-electron chi connectivity index (χ1n) is 8.84. The van der Waals surface area contributed by atoms with Crippen molar-refractivity contribution >= 4 is 27.4 Å². The van der Waals surface area contributed by atoms with Crippen molar-refractivity contribution in [1.82, 2.24) is 5.32 Å². The predicted molar refractivity (Wildman–Crippen MR) is 111 cm³/mol. The van der Waals surface area contributed by atoms with Crippen LogP contribution >= 0.6 is 0 Å². The van der Waals surface area contributed by atoms with Crippen LogP contribution in [0.5, 0.6) is 11.5 Å². The number of methoxy groups -OCH3 is 2. The molecule has 0 radical (unpaired) electrons. The third kappa shape index (κ3) is 6.26. The van der Waals surface area contributed by atoms with Crippen molar-refractivity contribution in [3.8, 4) is 11.5 Å². The summed E-state index contributed by atoms with van der Waals surface area (Å²) >= 11 is 0. The molecule has 4 N–H and O–H groups in total. The predicted octanol–water partition coefficient (Wildman–Crippen LogP) is 2.32. The molecule has 2 aromatic carbocycles. The number of sulfonamides is 1. The summed E-state index contributed by atoms with van der Waals surface area (Å²) in [4.78, 5) is 12.1. The molecule has 0 aliphatic rings. The SMILES string of the molecule is CCS(=O)(=O)Nc1ccc(NC(=O)NCC(O)c2ccccc2OC)cc1OC. The smallest absolute Gasteiger partial charge is 0.319 e. The minimum Gasteiger partial charge on any atom is -0.496 e. The molecule has 0 heterocycles. The van der Waals surface area contributed by atoms with Crippen LogP contribution in [-0.2, 0) is 10.0 Å². The van der Waals surface area contributed by atoms with Gasteiger partial charge < -0.3 is 25.2 Å². The topological polar surface area (TPSA) is 126 Å². The van der Waals surface area contributed by atoms with Gasteiger partial charge in [-0.15, -0.1) is 0 Å². The summed E-state index contributed by atoms with van der Waals surface area (Å²) in [5.74, 6) is 0.707. The van der Waals surface area contributed by atoms with Gasteiger partial charge >= 0.3 is 6.03 Å². The van der Waals surface area contributed by atoms with Crippen molar-refractivity contribution in [3.63, 3.8) is 0 Å². The number of hydrogen-bond acceptors (Lipinski definition) is 6. The lowest BCUT2D eigenvalue weighted by Gasteiger charge is -2.16. The zero-order valence-electron chi connectivity index (χ0n) is 16.4. The van der Waals surface area contributed by atoms with Gasteiger partial charge in [-0.25, -0.2) is 13.2 Å². The van der Waals surface area contributed by atoms with Crippen LogP contribution in [0, 0.1) is 0 Å². The van der Waals surface area contributed by atoms with Gasteiger partial charge in [0.2, 0.25) is 10.0 Å². The zero-order valence-corrected chi connectivity index (χ0v) is 17.2. The second-order valence-corrected chi connectivity index (χ2v) is 8.02. The zero-order chi connectivity index (χ0) is 21.4. The fourth-order valence-corrected chi connectivity index (χ4v) is 3.16. The Morgan fingerprint density at radius 3 is 2.45 bits per heavy atom. The number of urea groups is 1. The molecule has 0 saturated heterocycles. The summed E-state index contributed by atoms with van der Waals surface area (Å²) in [6, 6.07) is 11.0. The van der Waals surface area contributed by atoms with Crippen molar-refractivity contribution in [2.45, 2.75) is 13.0 Å². The molecule has 0 aliphatic carbocycles. The molecule has 0 spiro atoms. The number of carbonyl (C=O) groups is 1. The number of aliphatic hydroxyl groups is 1. The number of ether oxygens (including phenoxy) is 2. The highest BCUT2D eigenvalue weighted by molar-refractivity contribution is 7.92. The highest BCUT2D eigenvalue weighted by atomic mass is 32.2. The van der Waals surface area contributed by atoms with Crippen LogP contribution in [-0.4, -0.2) is 46.1 Å². The van der Waals surface area contributed by atoms with Crippen LogP contribution < -0.4 is 24.8 Å². The molecule has 1 unspecified atom stereocenters. The Kier molecular flexibility index (Phi) is 7.68. The number of rotatable bonds is 9. The number of amides is 2. The third-order valence-electron chi connectivity index (χ3n) is 4.06. The molecule has 1 atom stereocenters. The Morgan fingerprint density at radius 1 is 1.10 bits per heavy atom. The largest absolute Gasteiger partial charge is 0.496 e. The normalized spacial score (nSPS) is 12.0. The maximum Gasteiger partial charge on any atom is 0.319 e. The molecule has 2 rings (SSSR count). The Balaban J connectivity index is 2.00. The van der Waals surface area contributed by atoms with Gasteiger partial charge in [-0.2, -0.15) is 0 Å². The van der Waals surface area contributed by atoms with Crippen molar-refractivity contribution in [1.29, 1.82) is 0 Å². The molecule has 10 heteroatoms. The second-order valence-electron chi connectivity index (χ2n) is 6.01. The quantitative estimate of drug-likeness (QED) is 0.490. The molecule has 9 nitrogen and oxygen atoms in total. The number of aliphatic hydroxyl groups excluding tert-OH is 1. The van der Waals surface area contributed by atoms with Crippen LogP contribution in [0.4, 0.5) is 16.2 Å². The van der Waals surface area contributed by atoms with Crippen LogP contribution in [0.2, 0.25) is 0 Å². The maximum atomic E-state index is 12.1. The van der Waals surface area contributed by atoms with Gasteiger partial charge in [-0.1, -0.05) is 18.2 Å². The molecule has 0 aliphatic heterocycles. The first kappa shape index (κ1) is 22.3. The number of benzene rings is 2. The Labute approximate surface area is 170 Å². The number of hydrogen-bond donors (Lipinski definition) is 4. The molecular formula is C19H25N3O6S. The van der Waals surface area contributed by atoms with Gasteiger partial charge in [0.25, 0.3) is 0 Å².